The molecule has 0 atom stereocenters. The quantitative estimate of drug-likeness (QED) is 0.670. The van der Waals surface area contributed by atoms with Gasteiger partial charge >= 0.3 is 0 Å². The molecule has 0 bridgehead atoms. The second-order valence-corrected chi connectivity index (χ2v) is 7.16. The number of hydrogen-bond donors (Lipinski definition) is 2. The summed E-state index contributed by atoms with van der Waals surface area (Å²) in [5, 5.41) is 6.02. The molecule has 0 aliphatic rings. The van der Waals surface area contributed by atoms with Crippen LogP contribution in [0.3, 0.4) is 0 Å². The maximum atomic E-state index is 12.9. The zero-order valence-corrected chi connectivity index (χ0v) is 16.1. The van der Waals surface area contributed by atoms with E-state index in [1.165, 1.54) is 11.3 Å². The molecule has 0 aliphatic carbocycles. The van der Waals surface area contributed by atoms with Gasteiger partial charge in [-0.1, -0.05) is 30.3 Å². The summed E-state index contributed by atoms with van der Waals surface area (Å²) in [5.41, 5.74) is 1.76. The Hall–Kier alpha value is -3.12. The Kier molecular flexibility index (Phi) is 5.57. The molecule has 0 saturated heterocycles. The van der Waals surface area contributed by atoms with E-state index in [-0.39, 0.29) is 11.8 Å². The SMILES string of the molecule is CNC(=O)c1c(NC(=O)c2ccccc2Oc2ccccc2)sc(C)c1C. The number of aryl methyl sites for hydroxylation is 1. The molecule has 3 rings (SSSR count). The summed E-state index contributed by atoms with van der Waals surface area (Å²) in [6, 6.07) is 16.3. The molecular formula is C21H20N2O3S. The lowest BCUT2D eigenvalue weighted by atomic mass is 10.1. The standard InChI is InChI=1S/C21H20N2O3S/c1-13-14(2)27-21(18(13)20(25)22-3)23-19(24)16-11-7-8-12-17(16)26-15-9-5-4-6-10-15/h4-12H,1-3H3,(H,22,25)(H,23,24). The summed E-state index contributed by atoms with van der Waals surface area (Å²) in [7, 11) is 1.57. The van der Waals surface area contributed by atoms with Gasteiger partial charge in [-0.2, -0.15) is 0 Å². The van der Waals surface area contributed by atoms with Crippen LogP contribution in [0.2, 0.25) is 0 Å². The molecule has 3 aromatic rings. The van der Waals surface area contributed by atoms with Gasteiger partial charge in [-0.05, 0) is 43.7 Å². The van der Waals surface area contributed by atoms with Gasteiger partial charge in [0.1, 0.15) is 16.5 Å². The van der Waals surface area contributed by atoms with E-state index in [0.29, 0.717) is 27.6 Å². The number of benzene rings is 2. The van der Waals surface area contributed by atoms with Crippen molar-refractivity contribution >= 4 is 28.2 Å². The maximum absolute atomic E-state index is 12.9. The van der Waals surface area contributed by atoms with E-state index in [0.717, 1.165) is 10.4 Å². The summed E-state index contributed by atoms with van der Waals surface area (Å²) < 4.78 is 5.86. The van der Waals surface area contributed by atoms with Crippen LogP contribution in [0.5, 0.6) is 11.5 Å². The zero-order valence-electron chi connectivity index (χ0n) is 15.3. The monoisotopic (exact) mass is 380 g/mol. The minimum atomic E-state index is -0.326. The number of anilines is 1. The smallest absolute Gasteiger partial charge is 0.260 e. The van der Waals surface area contributed by atoms with Gasteiger partial charge in [0.05, 0.1) is 11.1 Å². The molecule has 2 amide bonds. The van der Waals surface area contributed by atoms with Gasteiger partial charge in [-0.15, -0.1) is 11.3 Å². The van der Waals surface area contributed by atoms with Crippen LogP contribution in [0.25, 0.3) is 0 Å². The van der Waals surface area contributed by atoms with Crippen molar-refractivity contribution < 1.29 is 14.3 Å². The zero-order chi connectivity index (χ0) is 19.4. The Morgan fingerprint density at radius 1 is 0.926 bits per heavy atom. The fourth-order valence-electron chi connectivity index (χ4n) is 2.64. The first kappa shape index (κ1) is 18.7. The summed E-state index contributed by atoms with van der Waals surface area (Å²) in [5.74, 6) is 0.549. The van der Waals surface area contributed by atoms with E-state index >= 15 is 0 Å². The Morgan fingerprint density at radius 3 is 2.30 bits per heavy atom. The van der Waals surface area contributed by atoms with E-state index in [9.17, 15) is 9.59 Å². The number of carbonyl (C=O) groups excluding carboxylic acids is 2. The van der Waals surface area contributed by atoms with E-state index in [2.05, 4.69) is 10.6 Å². The number of hydrogen-bond acceptors (Lipinski definition) is 4. The number of thiophene rings is 1. The second-order valence-electron chi connectivity index (χ2n) is 5.93. The van der Waals surface area contributed by atoms with Crippen molar-refractivity contribution in [3.05, 3.63) is 76.2 Å². The minimum absolute atomic E-state index is 0.221. The third-order valence-corrected chi connectivity index (χ3v) is 5.29. The van der Waals surface area contributed by atoms with Crippen molar-refractivity contribution in [1.29, 1.82) is 0 Å². The highest BCUT2D eigenvalue weighted by Crippen LogP contribution is 2.33. The first-order valence-corrected chi connectivity index (χ1v) is 9.28. The van der Waals surface area contributed by atoms with Gasteiger partial charge in [-0.25, -0.2) is 0 Å². The molecule has 0 saturated carbocycles. The maximum Gasteiger partial charge on any atom is 0.260 e. The average Bonchev–Trinajstić information content (AvgIpc) is 2.96. The molecule has 0 fully saturated rings. The molecule has 2 aromatic carbocycles. The molecule has 1 aromatic heterocycles. The third kappa shape index (κ3) is 4.01. The number of rotatable bonds is 5. The van der Waals surface area contributed by atoms with Crippen LogP contribution in [0.1, 0.15) is 31.2 Å². The van der Waals surface area contributed by atoms with Crippen LogP contribution in [0.4, 0.5) is 5.00 Å². The molecule has 5 nitrogen and oxygen atoms in total. The lowest BCUT2D eigenvalue weighted by Crippen LogP contribution is -2.21. The predicted molar refractivity (Wildman–Crippen MR) is 108 cm³/mol. The van der Waals surface area contributed by atoms with Crippen molar-refractivity contribution in [2.24, 2.45) is 0 Å². The van der Waals surface area contributed by atoms with Gasteiger partial charge < -0.3 is 15.4 Å². The predicted octanol–water partition coefficient (Wildman–Crippen LogP) is 4.77. The van der Waals surface area contributed by atoms with E-state index in [1.807, 2.05) is 50.2 Å². The van der Waals surface area contributed by atoms with Crippen LogP contribution >= 0.6 is 11.3 Å². The summed E-state index contributed by atoms with van der Waals surface area (Å²) in [4.78, 5) is 26.1. The van der Waals surface area contributed by atoms with Crippen molar-refractivity contribution in [3.8, 4) is 11.5 Å². The number of amides is 2. The van der Waals surface area contributed by atoms with Gasteiger partial charge in [0.15, 0.2) is 0 Å². The molecule has 2 N–H and O–H groups in total. The fourth-order valence-corrected chi connectivity index (χ4v) is 3.70. The highest BCUT2D eigenvalue weighted by atomic mass is 32.1. The topological polar surface area (TPSA) is 67.4 Å². The molecule has 27 heavy (non-hydrogen) atoms. The third-order valence-electron chi connectivity index (χ3n) is 4.17. The number of nitrogens with one attached hydrogen (secondary N) is 2. The number of para-hydroxylation sites is 2. The second kappa shape index (κ2) is 8.05. The molecule has 0 radical (unpaired) electrons. The van der Waals surface area contributed by atoms with Gasteiger partial charge in [0, 0.05) is 11.9 Å². The van der Waals surface area contributed by atoms with E-state index in [4.69, 9.17) is 4.74 Å². The summed E-state index contributed by atoms with van der Waals surface area (Å²) in [6.07, 6.45) is 0. The van der Waals surface area contributed by atoms with Crippen LogP contribution in [0.15, 0.2) is 54.6 Å². The fraction of sp³-hybridized carbons (Fsp3) is 0.143. The van der Waals surface area contributed by atoms with Gasteiger partial charge in [-0.3, -0.25) is 9.59 Å². The molecule has 138 valence electrons. The highest BCUT2D eigenvalue weighted by Gasteiger charge is 2.22. The summed E-state index contributed by atoms with van der Waals surface area (Å²) in [6.45, 7) is 3.80. The van der Waals surface area contributed by atoms with E-state index < -0.39 is 0 Å². The van der Waals surface area contributed by atoms with Crippen molar-refractivity contribution in [3.63, 3.8) is 0 Å². The van der Waals surface area contributed by atoms with Gasteiger partial charge in [0.2, 0.25) is 0 Å². The molecule has 0 spiro atoms. The molecule has 6 heteroatoms. The Labute approximate surface area is 162 Å². The Morgan fingerprint density at radius 2 is 1.59 bits per heavy atom. The first-order valence-electron chi connectivity index (χ1n) is 8.46. The summed E-state index contributed by atoms with van der Waals surface area (Å²) >= 11 is 1.38. The van der Waals surface area contributed by atoms with Crippen molar-refractivity contribution in [2.75, 3.05) is 12.4 Å². The van der Waals surface area contributed by atoms with Gasteiger partial charge in [0.25, 0.3) is 11.8 Å². The largest absolute Gasteiger partial charge is 0.457 e. The number of carbonyl (C=O) groups is 2. The van der Waals surface area contributed by atoms with Crippen LogP contribution < -0.4 is 15.4 Å². The Balaban J connectivity index is 1.90. The van der Waals surface area contributed by atoms with Crippen LogP contribution in [-0.2, 0) is 0 Å². The molecule has 0 aliphatic heterocycles. The van der Waals surface area contributed by atoms with Crippen molar-refractivity contribution in [2.45, 2.75) is 13.8 Å². The lowest BCUT2D eigenvalue weighted by Gasteiger charge is -2.11. The van der Waals surface area contributed by atoms with E-state index in [1.54, 1.807) is 25.2 Å². The lowest BCUT2D eigenvalue weighted by molar-refractivity contribution is 0.0963. The average molecular weight is 380 g/mol. The number of ether oxygens (including phenoxy) is 1. The molecule has 0 unspecified atom stereocenters. The molecular weight excluding hydrogens is 360 g/mol. The van der Waals surface area contributed by atoms with Crippen molar-refractivity contribution in [1.82, 2.24) is 5.32 Å². The minimum Gasteiger partial charge on any atom is -0.457 e. The Bertz CT molecular complexity index is 980. The van der Waals surface area contributed by atoms with Crippen LogP contribution in [-0.4, -0.2) is 18.9 Å². The normalized spacial score (nSPS) is 10.3. The highest BCUT2D eigenvalue weighted by molar-refractivity contribution is 7.16. The first-order chi connectivity index (χ1) is 13.0. The molecule has 1 heterocycles. The van der Waals surface area contributed by atoms with Crippen LogP contribution in [0, 0.1) is 13.8 Å².